The molecule has 1 amide bonds. The summed E-state index contributed by atoms with van der Waals surface area (Å²) in [5, 5.41) is 17.6. The first kappa shape index (κ1) is 24.6. The number of amides is 1. The average Bonchev–Trinajstić information content (AvgIpc) is 2.80. The van der Waals surface area contributed by atoms with Crippen LogP contribution in [0.2, 0.25) is 0 Å². The molecule has 0 bridgehead atoms. The van der Waals surface area contributed by atoms with Crippen LogP contribution in [0.15, 0.2) is 48.5 Å². The van der Waals surface area contributed by atoms with Gasteiger partial charge in [0.1, 0.15) is 11.6 Å². The molecule has 0 spiro atoms. The highest BCUT2D eigenvalue weighted by Crippen LogP contribution is 2.28. The standard InChI is InChI=1S/C20H24FN3O2.C2H2O4/c1-26-19-5-3-2-4-18(19)24-14-12-23(13-15-24)11-10-20(25)22-17-8-6-16(21)7-9-17;3-1(4)2(5)6/h2-9H,10-15H2,1H3,(H,22,25);(H,3,4)(H,5,6). The molecule has 2 aromatic rings. The van der Waals surface area contributed by atoms with E-state index in [0.717, 1.165) is 37.6 Å². The van der Waals surface area contributed by atoms with Crippen LogP contribution >= 0.6 is 0 Å². The molecule has 1 saturated heterocycles. The van der Waals surface area contributed by atoms with E-state index in [1.54, 1.807) is 19.2 Å². The molecule has 0 atom stereocenters. The SMILES string of the molecule is COc1ccccc1N1CCN(CCC(=O)Nc2ccc(F)cc2)CC1.O=C(O)C(=O)O. The minimum Gasteiger partial charge on any atom is -0.495 e. The lowest BCUT2D eigenvalue weighted by Gasteiger charge is -2.36. The van der Waals surface area contributed by atoms with Crippen LogP contribution in [0.25, 0.3) is 0 Å². The molecule has 2 aromatic carbocycles. The van der Waals surface area contributed by atoms with E-state index in [-0.39, 0.29) is 11.7 Å². The third-order valence-electron chi connectivity index (χ3n) is 4.76. The molecule has 1 aliphatic heterocycles. The van der Waals surface area contributed by atoms with Gasteiger partial charge in [0.05, 0.1) is 12.8 Å². The Morgan fingerprint density at radius 1 is 0.969 bits per heavy atom. The Bertz CT molecular complexity index is 902. The van der Waals surface area contributed by atoms with Crippen molar-refractivity contribution in [2.45, 2.75) is 6.42 Å². The van der Waals surface area contributed by atoms with Gasteiger partial charge in [0, 0.05) is 44.8 Å². The molecular weight excluding hydrogens is 421 g/mol. The van der Waals surface area contributed by atoms with Crippen molar-refractivity contribution in [1.29, 1.82) is 0 Å². The minimum absolute atomic E-state index is 0.0521. The molecule has 0 saturated carbocycles. The second-order valence-electron chi connectivity index (χ2n) is 6.92. The molecule has 1 fully saturated rings. The molecule has 1 aliphatic rings. The summed E-state index contributed by atoms with van der Waals surface area (Å²) >= 11 is 0. The number of rotatable bonds is 6. The van der Waals surface area contributed by atoms with Gasteiger partial charge >= 0.3 is 11.9 Å². The summed E-state index contributed by atoms with van der Waals surface area (Å²) in [5.41, 5.74) is 1.74. The molecule has 3 rings (SSSR count). The monoisotopic (exact) mass is 447 g/mol. The second-order valence-corrected chi connectivity index (χ2v) is 6.92. The summed E-state index contributed by atoms with van der Waals surface area (Å²) in [5.74, 6) is -3.12. The fourth-order valence-corrected chi connectivity index (χ4v) is 3.12. The van der Waals surface area contributed by atoms with E-state index in [1.165, 1.54) is 12.1 Å². The first-order valence-electron chi connectivity index (χ1n) is 9.92. The third-order valence-corrected chi connectivity index (χ3v) is 4.76. The zero-order valence-electron chi connectivity index (χ0n) is 17.7. The number of anilines is 2. The molecule has 9 nitrogen and oxygen atoms in total. The largest absolute Gasteiger partial charge is 0.495 e. The average molecular weight is 447 g/mol. The van der Waals surface area contributed by atoms with Gasteiger partial charge in [-0.2, -0.15) is 0 Å². The summed E-state index contributed by atoms with van der Waals surface area (Å²) in [4.78, 5) is 34.9. The summed E-state index contributed by atoms with van der Waals surface area (Å²) in [6, 6.07) is 13.9. The van der Waals surface area contributed by atoms with Crippen molar-refractivity contribution >= 4 is 29.2 Å². The van der Waals surface area contributed by atoms with Crippen LogP contribution in [0.4, 0.5) is 15.8 Å². The van der Waals surface area contributed by atoms with Gasteiger partial charge in [-0.05, 0) is 36.4 Å². The number of carboxylic acid groups (broad SMARTS) is 2. The normalized spacial score (nSPS) is 13.5. The number of hydrogen-bond donors (Lipinski definition) is 3. The molecule has 10 heteroatoms. The third kappa shape index (κ3) is 7.88. The Labute approximate surface area is 185 Å². The van der Waals surface area contributed by atoms with Crippen LogP contribution in [0.1, 0.15) is 6.42 Å². The number of carboxylic acids is 2. The molecule has 0 aromatic heterocycles. The molecule has 172 valence electrons. The van der Waals surface area contributed by atoms with Crippen LogP contribution < -0.4 is 15.0 Å². The van der Waals surface area contributed by atoms with Crippen molar-refractivity contribution in [2.24, 2.45) is 0 Å². The fourth-order valence-electron chi connectivity index (χ4n) is 3.12. The summed E-state index contributed by atoms with van der Waals surface area (Å²) < 4.78 is 18.3. The van der Waals surface area contributed by atoms with E-state index < -0.39 is 11.9 Å². The van der Waals surface area contributed by atoms with Gasteiger partial charge in [-0.15, -0.1) is 0 Å². The number of ether oxygens (including phenoxy) is 1. The van der Waals surface area contributed by atoms with E-state index >= 15 is 0 Å². The maximum absolute atomic E-state index is 12.9. The number of aliphatic carboxylic acids is 2. The Balaban J connectivity index is 0.000000534. The van der Waals surface area contributed by atoms with Crippen molar-refractivity contribution in [3.8, 4) is 5.75 Å². The number of carbonyl (C=O) groups excluding carboxylic acids is 1. The van der Waals surface area contributed by atoms with Crippen molar-refractivity contribution in [1.82, 2.24) is 4.90 Å². The van der Waals surface area contributed by atoms with Crippen LogP contribution in [-0.4, -0.2) is 72.8 Å². The smallest absolute Gasteiger partial charge is 0.414 e. The molecular formula is C22H26FN3O6. The number of benzene rings is 2. The number of nitrogens with one attached hydrogen (secondary N) is 1. The number of carbonyl (C=O) groups is 3. The van der Waals surface area contributed by atoms with E-state index in [9.17, 15) is 9.18 Å². The number of methoxy groups -OCH3 is 1. The van der Waals surface area contributed by atoms with Gasteiger partial charge in [-0.1, -0.05) is 12.1 Å². The summed E-state index contributed by atoms with van der Waals surface area (Å²) in [7, 11) is 1.69. The second kappa shape index (κ2) is 12.3. The van der Waals surface area contributed by atoms with E-state index in [2.05, 4.69) is 21.2 Å². The highest BCUT2D eigenvalue weighted by atomic mass is 19.1. The molecule has 0 radical (unpaired) electrons. The molecule has 32 heavy (non-hydrogen) atoms. The summed E-state index contributed by atoms with van der Waals surface area (Å²) in [6.07, 6.45) is 0.423. The predicted octanol–water partition coefficient (Wildman–Crippen LogP) is 2.14. The lowest BCUT2D eigenvalue weighted by Crippen LogP contribution is -2.47. The Hall–Kier alpha value is -3.66. The molecule has 0 aliphatic carbocycles. The molecule has 0 unspecified atom stereocenters. The van der Waals surface area contributed by atoms with Crippen molar-refractivity contribution in [3.63, 3.8) is 0 Å². The van der Waals surface area contributed by atoms with Crippen LogP contribution in [0, 0.1) is 5.82 Å². The van der Waals surface area contributed by atoms with Gasteiger partial charge in [-0.25, -0.2) is 14.0 Å². The number of para-hydroxylation sites is 2. The van der Waals surface area contributed by atoms with Crippen LogP contribution in [0.3, 0.4) is 0 Å². The van der Waals surface area contributed by atoms with Crippen LogP contribution in [-0.2, 0) is 14.4 Å². The first-order chi connectivity index (χ1) is 15.3. The van der Waals surface area contributed by atoms with Crippen molar-refractivity contribution < 1.29 is 33.7 Å². The summed E-state index contributed by atoms with van der Waals surface area (Å²) in [6.45, 7) is 4.33. The maximum atomic E-state index is 12.9. The minimum atomic E-state index is -1.82. The fraction of sp³-hybridized carbons (Fsp3) is 0.318. The zero-order chi connectivity index (χ0) is 23.5. The number of hydrogen-bond acceptors (Lipinski definition) is 6. The van der Waals surface area contributed by atoms with Crippen molar-refractivity contribution in [2.75, 3.05) is 50.1 Å². The molecule has 1 heterocycles. The number of piperazine rings is 1. The highest BCUT2D eigenvalue weighted by molar-refractivity contribution is 6.27. The number of nitrogens with zero attached hydrogens (tertiary/aromatic N) is 2. The lowest BCUT2D eigenvalue weighted by atomic mass is 10.2. The molecule has 3 N–H and O–H groups in total. The van der Waals surface area contributed by atoms with Gasteiger partial charge in [0.2, 0.25) is 5.91 Å². The zero-order valence-corrected chi connectivity index (χ0v) is 17.7. The van der Waals surface area contributed by atoms with E-state index in [4.69, 9.17) is 24.5 Å². The maximum Gasteiger partial charge on any atom is 0.414 e. The van der Waals surface area contributed by atoms with Crippen molar-refractivity contribution in [3.05, 3.63) is 54.3 Å². The Kier molecular flexibility index (Phi) is 9.43. The van der Waals surface area contributed by atoms with E-state index in [1.807, 2.05) is 18.2 Å². The first-order valence-corrected chi connectivity index (χ1v) is 9.92. The Morgan fingerprint density at radius 2 is 1.56 bits per heavy atom. The van der Waals surface area contributed by atoms with Gasteiger partial charge in [0.25, 0.3) is 0 Å². The van der Waals surface area contributed by atoms with E-state index in [0.29, 0.717) is 18.7 Å². The number of halogens is 1. The van der Waals surface area contributed by atoms with Crippen LogP contribution in [0.5, 0.6) is 5.75 Å². The predicted molar refractivity (Wildman–Crippen MR) is 117 cm³/mol. The quantitative estimate of drug-likeness (QED) is 0.577. The topological polar surface area (TPSA) is 119 Å². The van der Waals surface area contributed by atoms with Gasteiger partial charge in [0.15, 0.2) is 0 Å². The van der Waals surface area contributed by atoms with Gasteiger partial charge < -0.3 is 25.2 Å². The van der Waals surface area contributed by atoms with Gasteiger partial charge in [-0.3, -0.25) is 9.69 Å². The Morgan fingerprint density at radius 3 is 2.12 bits per heavy atom. The lowest BCUT2D eigenvalue weighted by molar-refractivity contribution is -0.159. The highest BCUT2D eigenvalue weighted by Gasteiger charge is 2.19.